The van der Waals surface area contributed by atoms with Crippen LogP contribution in [0.15, 0.2) is 83.1 Å². The van der Waals surface area contributed by atoms with E-state index in [-0.39, 0.29) is 11.7 Å². The number of aromatic nitrogens is 3. The van der Waals surface area contributed by atoms with Crippen molar-refractivity contribution in [2.24, 2.45) is 5.10 Å². The van der Waals surface area contributed by atoms with Crippen LogP contribution in [0.25, 0.3) is 17.1 Å². The second-order valence-corrected chi connectivity index (χ2v) is 9.04. The van der Waals surface area contributed by atoms with Gasteiger partial charge in [-0.2, -0.15) is 5.10 Å². The van der Waals surface area contributed by atoms with Gasteiger partial charge in [0, 0.05) is 16.8 Å². The summed E-state index contributed by atoms with van der Waals surface area (Å²) in [6.45, 7) is 5.93. The first kappa shape index (κ1) is 24.2. The molecule has 35 heavy (non-hydrogen) atoms. The number of methoxy groups -OCH3 is 1. The van der Waals surface area contributed by atoms with Crippen LogP contribution in [0, 0.1) is 13.8 Å². The summed E-state index contributed by atoms with van der Waals surface area (Å²) in [4.78, 5) is 12.6. The van der Waals surface area contributed by atoms with Crippen molar-refractivity contribution in [1.29, 1.82) is 0 Å². The van der Waals surface area contributed by atoms with Gasteiger partial charge in [-0.15, -0.1) is 10.2 Å². The normalized spacial score (nSPS) is 11.4. The molecule has 1 heterocycles. The van der Waals surface area contributed by atoms with E-state index in [1.54, 1.807) is 7.11 Å². The smallest absolute Gasteiger partial charge is 0.250 e. The van der Waals surface area contributed by atoms with Crippen molar-refractivity contribution < 1.29 is 9.53 Å². The molecule has 0 unspecified atom stereocenters. The van der Waals surface area contributed by atoms with Crippen molar-refractivity contribution in [3.8, 4) is 22.8 Å². The van der Waals surface area contributed by atoms with Crippen LogP contribution in [-0.2, 0) is 4.79 Å². The Kier molecular flexibility index (Phi) is 7.62. The van der Waals surface area contributed by atoms with Gasteiger partial charge in [-0.05, 0) is 45.0 Å². The first-order chi connectivity index (χ1) is 16.9. The summed E-state index contributed by atoms with van der Waals surface area (Å²) < 4.78 is 7.23. The van der Waals surface area contributed by atoms with Gasteiger partial charge in [0.2, 0.25) is 0 Å². The Morgan fingerprint density at radius 1 is 1.00 bits per heavy atom. The molecule has 4 rings (SSSR count). The standard InChI is InChI=1S/C27H27N5O2S/c1-18-8-12-21(13-9-18)26-30-31-27(32(26)23-14-10-19(2)11-15-23)35-17-25(33)29-28-20(3)22-6-5-7-24(16-22)34-4/h5-16H,17H2,1-4H3,(H,29,33)/b28-20+. The highest BCUT2D eigenvalue weighted by Gasteiger charge is 2.17. The molecular formula is C27H27N5O2S. The van der Waals surface area contributed by atoms with Crippen molar-refractivity contribution in [1.82, 2.24) is 20.2 Å². The summed E-state index contributed by atoms with van der Waals surface area (Å²) in [7, 11) is 1.62. The van der Waals surface area contributed by atoms with Crippen LogP contribution in [0.1, 0.15) is 23.6 Å². The highest BCUT2D eigenvalue weighted by Crippen LogP contribution is 2.28. The number of hydrogen-bond donors (Lipinski definition) is 1. The minimum absolute atomic E-state index is 0.146. The molecule has 0 aliphatic carbocycles. The third-order valence-corrected chi connectivity index (χ3v) is 6.33. The largest absolute Gasteiger partial charge is 0.497 e. The number of amides is 1. The maximum Gasteiger partial charge on any atom is 0.250 e. The maximum atomic E-state index is 12.6. The number of hydrazone groups is 1. The van der Waals surface area contributed by atoms with Crippen molar-refractivity contribution in [2.45, 2.75) is 25.9 Å². The van der Waals surface area contributed by atoms with E-state index < -0.39 is 0 Å². The van der Waals surface area contributed by atoms with Crippen molar-refractivity contribution >= 4 is 23.4 Å². The quantitative estimate of drug-likeness (QED) is 0.211. The van der Waals surface area contributed by atoms with Gasteiger partial charge in [0.15, 0.2) is 11.0 Å². The fraction of sp³-hybridized carbons (Fsp3) is 0.185. The number of ether oxygens (including phenoxy) is 1. The van der Waals surface area contributed by atoms with Crippen LogP contribution in [0.2, 0.25) is 0 Å². The molecule has 0 bridgehead atoms. The number of benzene rings is 3. The van der Waals surface area contributed by atoms with E-state index in [9.17, 15) is 4.79 Å². The van der Waals surface area contributed by atoms with E-state index in [0.717, 1.165) is 34.0 Å². The number of nitrogens with zero attached hydrogens (tertiary/aromatic N) is 4. The van der Waals surface area contributed by atoms with Gasteiger partial charge in [-0.25, -0.2) is 5.43 Å². The molecule has 3 aromatic carbocycles. The first-order valence-corrected chi connectivity index (χ1v) is 12.1. The Hall–Kier alpha value is -3.91. The summed E-state index contributed by atoms with van der Waals surface area (Å²) in [5.41, 5.74) is 8.42. The fourth-order valence-electron chi connectivity index (χ4n) is 3.40. The lowest BCUT2D eigenvalue weighted by molar-refractivity contribution is -0.118. The van der Waals surface area contributed by atoms with Gasteiger partial charge in [0.1, 0.15) is 5.75 Å². The molecule has 0 spiro atoms. The molecule has 0 saturated heterocycles. The van der Waals surface area contributed by atoms with E-state index in [0.29, 0.717) is 10.9 Å². The second kappa shape index (κ2) is 11.0. The lowest BCUT2D eigenvalue weighted by atomic mass is 10.1. The predicted octanol–water partition coefficient (Wildman–Crippen LogP) is 5.19. The highest BCUT2D eigenvalue weighted by atomic mass is 32.2. The zero-order valence-corrected chi connectivity index (χ0v) is 21.0. The van der Waals surface area contributed by atoms with Gasteiger partial charge in [-0.3, -0.25) is 9.36 Å². The molecule has 0 aliphatic rings. The minimum atomic E-state index is -0.229. The zero-order chi connectivity index (χ0) is 24.8. The van der Waals surface area contributed by atoms with E-state index in [1.807, 2.05) is 98.1 Å². The Morgan fingerprint density at radius 2 is 1.69 bits per heavy atom. The molecule has 0 atom stereocenters. The average Bonchev–Trinajstić information content (AvgIpc) is 3.30. The van der Waals surface area contributed by atoms with Crippen LogP contribution in [0.4, 0.5) is 0 Å². The van der Waals surface area contributed by atoms with Gasteiger partial charge < -0.3 is 4.74 Å². The van der Waals surface area contributed by atoms with Crippen LogP contribution in [-0.4, -0.2) is 39.2 Å². The predicted molar refractivity (Wildman–Crippen MR) is 140 cm³/mol. The number of aryl methyl sites for hydroxylation is 2. The second-order valence-electron chi connectivity index (χ2n) is 8.10. The van der Waals surface area contributed by atoms with E-state index in [2.05, 4.69) is 20.7 Å². The van der Waals surface area contributed by atoms with Crippen molar-refractivity contribution in [3.63, 3.8) is 0 Å². The molecule has 0 saturated carbocycles. The average molecular weight is 486 g/mol. The zero-order valence-electron chi connectivity index (χ0n) is 20.1. The van der Waals surface area contributed by atoms with Gasteiger partial charge >= 0.3 is 0 Å². The molecule has 7 nitrogen and oxygen atoms in total. The number of thioether (sulfide) groups is 1. The van der Waals surface area contributed by atoms with E-state index in [4.69, 9.17) is 4.74 Å². The molecule has 1 N–H and O–H groups in total. The molecule has 0 fully saturated rings. The Bertz CT molecular complexity index is 1350. The third-order valence-electron chi connectivity index (χ3n) is 5.40. The minimum Gasteiger partial charge on any atom is -0.497 e. The summed E-state index contributed by atoms with van der Waals surface area (Å²) >= 11 is 1.31. The molecule has 178 valence electrons. The number of carbonyl (C=O) groups is 1. The fourth-order valence-corrected chi connectivity index (χ4v) is 4.15. The van der Waals surface area contributed by atoms with Gasteiger partial charge in [-0.1, -0.05) is 71.4 Å². The summed E-state index contributed by atoms with van der Waals surface area (Å²) in [6.07, 6.45) is 0. The number of carbonyl (C=O) groups excluding carboxylic acids is 1. The number of hydrogen-bond acceptors (Lipinski definition) is 6. The lowest BCUT2D eigenvalue weighted by Crippen LogP contribution is -2.21. The number of rotatable bonds is 8. The molecule has 0 radical (unpaired) electrons. The van der Waals surface area contributed by atoms with Gasteiger partial charge in [0.25, 0.3) is 5.91 Å². The van der Waals surface area contributed by atoms with E-state index in [1.165, 1.54) is 17.3 Å². The lowest BCUT2D eigenvalue weighted by Gasteiger charge is -2.11. The third kappa shape index (κ3) is 5.96. The van der Waals surface area contributed by atoms with Crippen molar-refractivity contribution in [3.05, 3.63) is 89.5 Å². The monoisotopic (exact) mass is 485 g/mol. The highest BCUT2D eigenvalue weighted by molar-refractivity contribution is 7.99. The molecule has 1 aromatic heterocycles. The Labute approximate surface area is 209 Å². The van der Waals surface area contributed by atoms with Crippen LogP contribution >= 0.6 is 11.8 Å². The van der Waals surface area contributed by atoms with E-state index >= 15 is 0 Å². The number of nitrogens with one attached hydrogen (secondary N) is 1. The molecule has 4 aromatic rings. The molecule has 0 aliphatic heterocycles. The topological polar surface area (TPSA) is 81.4 Å². The van der Waals surface area contributed by atoms with Crippen LogP contribution < -0.4 is 10.2 Å². The SMILES string of the molecule is COc1cccc(/C(C)=N/NC(=O)CSc2nnc(-c3ccc(C)cc3)n2-c2ccc(C)cc2)c1. The first-order valence-electron chi connectivity index (χ1n) is 11.1. The maximum absolute atomic E-state index is 12.6. The molecule has 1 amide bonds. The molecular weight excluding hydrogens is 458 g/mol. The summed E-state index contributed by atoms with van der Waals surface area (Å²) in [5.74, 6) is 1.38. The molecule has 8 heteroatoms. The Balaban J connectivity index is 1.52. The van der Waals surface area contributed by atoms with Crippen LogP contribution in [0.5, 0.6) is 5.75 Å². The summed E-state index contributed by atoms with van der Waals surface area (Å²) in [6, 6.07) is 23.8. The van der Waals surface area contributed by atoms with Gasteiger partial charge in [0.05, 0.1) is 18.6 Å². The van der Waals surface area contributed by atoms with Crippen molar-refractivity contribution in [2.75, 3.05) is 12.9 Å². The summed E-state index contributed by atoms with van der Waals surface area (Å²) in [5, 5.41) is 13.7. The Morgan fingerprint density at radius 3 is 2.37 bits per heavy atom. The van der Waals surface area contributed by atoms with Crippen LogP contribution in [0.3, 0.4) is 0 Å².